The molecular weight excluding hydrogens is 731 g/mol. The summed E-state index contributed by atoms with van der Waals surface area (Å²) in [4.78, 5) is 71.5. The maximum atomic E-state index is 15.1. The van der Waals surface area contributed by atoms with Crippen molar-refractivity contribution >= 4 is 39.4 Å². The van der Waals surface area contributed by atoms with Crippen LogP contribution in [0.5, 0.6) is 0 Å². The second kappa shape index (κ2) is 18.2. The molecule has 1 saturated heterocycles. The minimum Gasteiger partial charge on any atom is -0.346 e. The Balaban J connectivity index is 1.42. The number of amides is 5. The average Bonchev–Trinajstić information content (AvgIpc) is 3.65. The molecule has 0 spiro atoms. The predicted molar refractivity (Wildman–Crippen MR) is 217 cm³/mol. The zero-order chi connectivity index (χ0) is 40.8. The molecule has 56 heavy (non-hydrogen) atoms. The van der Waals surface area contributed by atoms with E-state index in [2.05, 4.69) is 27.8 Å². The SMILES string of the molecule is C=CCNC(=O)C(=O)C(CC1CC1)NC(=O)C1C(C(C)(C)C)CCN1C(=O)[C@@H](NC(=O)NC1(CS(=O)(=O)CCC(C)C)CCCCC1)C1Cc2ccccc2C1. The molecule has 3 aliphatic carbocycles. The molecule has 310 valence electrons. The summed E-state index contributed by atoms with van der Waals surface area (Å²) in [5.74, 6) is -2.61. The number of carbonyl (C=O) groups is 5. The minimum atomic E-state index is -3.47. The summed E-state index contributed by atoms with van der Waals surface area (Å²) in [6.45, 7) is 14.0. The van der Waals surface area contributed by atoms with E-state index in [0.717, 1.165) is 43.2 Å². The molecule has 5 rings (SSSR count). The van der Waals surface area contributed by atoms with Crippen LogP contribution in [0.25, 0.3) is 0 Å². The topological polar surface area (TPSA) is 171 Å². The van der Waals surface area contributed by atoms with Crippen LogP contribution in [0, 0.1) is 29.1 Å². The maximum absolute atomic E-state index is 15.1. The van der Waals surface area contributed by atoms with Crippen LogP contribution in [0.4, 0.5) is 4.79 Å². The molecule has 13 heteroatoms. The van der Waals surface area contributed by atoms with Crippen LogP contribution in [0.2, 0.25) is 0 Å². The first-order valence-electron chi connectivity index (χ1n) is 20.8. The summed E-state index contributed by atoms with van der Waals surface area (Å²) in [7, 11) is -3.47. The lowest BCUT2D eigenvalue weighted by atomic mass is 9.76. The van der Waals surface area contributed by atoms with Crippen molar-refractivity contribution < 1.29 is 32.4 Å². The number of rotatable bonds is 17. The Morgan fingerprint density at radius 3 is 2.18 bits per heavy atom. The monoisotopic (exact) mass is 795 g/mol. The number of Topliss-reactive ketones (excluding diaryl/α,β-unsaturated/α-hetero) is 1. The number of hydrogen-bond acceptors (Lipinski definition) is 7. The zero-order valence-electron chi connectivity index (χ0n) is 34.2. The summed E-state index contributed by atoms with van der Waals surface area (Å²) >= 11 is 0. The van der Waals surface area contributed by atoms with Crippen molar-refractivity contribution in [2.75, 3.05) is 24.6 Å². The standard InChI is InChI=1S/C43H65N5O7S/c1-7-21-44-39(51)37(49)34(24-29-15-16-29)45-38(50)36-33(42(4,5)6)17-22-48(36)40(52)35(32-25-30-13-9-10-14-31(30)26-32)46-41(53)47-43(19-11-8-12-20-43)27-56(54,55)23-18-28(2)3/h7,9-10,13-14,28-29,32-36H,1,8,11-12,15-27H2,2-6H3,(H,44,51)(H,45,50)(H2,46,47,53)/t33?,34?,35-,36?/m0/s1. The highest BCUT2D eigenvalue weighted by molar-refractivity contribution is 7.91. The third-order valence-electron chi connectivity index (χ3n) is 12.4. The second-order valence-corrected chi connectivity index (χ2v) is 20.7. The summed E-state index contributed by atoms with van der Waals surface area (Å²) in [6, 6.07) is 4.38. The number of nitrogens with zero attached hydrogens (tertiary/aromatic N) is 1. The van der Waals surface area contributed by atoms with Crippen LogP contribution in [0.3, 0.4) is 0 Å². The van der Waals surface area contributed by atoms with Crippen molar-refractivity contribution in [1.82, 2.24) is 26.2 Å². The molecule has 4 aliphatic rings. The smallest absolute Gasteiger partial charge is 0.315 e. The molecule has 1 aromatic carbocycles. The first-order chi connectivity index (χ1) is 26.4. The number of carbonyl (C=O) groups excluding carboxylic acids is 5. The predicted octanol–water partition coefficient (Wildman–Crippen LogP) is 4.65. The normalized spacial score (nSPS) is 22.1. The quantitative estimate of drug-likeness (QED) is 0.131. The van der Waals surface area contributed by atoms with Gasteiger partial charge in [0.2, 0.25) is 17.6 Å². The van der Waals surface area contributed by atoms with Gasteiger partial charge >= 0.3 is 6.03 Å². The Morgan fingerprint density at radius 2 is 1.61 bits per heavy atom. The maximum Gasteiger partial charge on any atom is 0.315 e. The molecule has 1 aromatic rings. The Kier molecular flexibility index (Phi) is 14.1. The highest BCUT2D eigenvalue weighted by atomic mass is 32.2. The van der Waals surface area contributed by atoms with Gasteiger partial charge in [-0.1, -0.05) is 97.1 Å². The fourth-order valence-corrected chi connectivity index (χ4v) is 11.3. The van der Waals surface area contributed by atoms with Crippen LogP contribution in [-0.4, -0.2) is 91.1 Å². The molecule has 2 saturated carbocycles. The number of sulfone groups is 1. The summed E-state index contributed by atoms with van der Waals surface area (Å²) in [6.07, 6.45) is 9.42. The molecule has 5 amide bonds. The van der Waals surface area contributed by atoms with Gasteiger partial charge in [0.05, 0.1) is 23.1 Å². The van der Waals surface area contributed by atoms with Crippen molar-refractivity contribution in [3.8, 4) is 0 Å². The molecule has 1 heterocycles. The molecule has 3 unspecified atom stereocenters. The number of fused-ring (bicyclic) bond motifs is 1. The van der Waals surface area contributed by atoms with Crippen molar-refractivity contribution in [3.05, 3.63) is 48.0 Å². The third kappa shape index (κ3) is 11.2. The zero-order valence-corrected chi connectivity index (χ0v) is 35.0. The number of ketones is 1. The van der Waals surface area contributed by atoms with Gasteiger partial charge in [0.1, 0.15) is 12.1 Å². The molecular formula is C43H65N5O7S. The van der Waals surface area contributed by atoms with Gasteiger partial charge < -0.3 is 26.2 Å². The molecule has 0 bridgehead atoms. The van der Waals surface area contributed by atoms with Crippen molar-refractivity contribution in [3.63, 3.8) is 0 Å². The second-order valence-electron chi connectivity index (χ2n) is 18.5. The minimum absolute atomic E-state index is 0.0527. The van der Waals surface area contributed by atoms with Crippen molar-refractivity contribution in [2.45, 2.75) is 135 Å². The van der Waals surface area contributed by atoms with Gasteiger partial charge in [-0.25, -0.2) is 13.2 Å². The van der Waals surface area contributed by atoms with Gasteiger partial charge in [0, 0.05) is 13.1 Å². The fraction of sp³-hybridized carbons (Fsp3) is 0.698. The lowest BCUT2D eigenvalue weighted by Gasteiger charge is -2.39. The molecule has 1 aliphatic heterocycles. The van der Waals surface area contributed by atoms with E-state index in [1.165, 1.54) is 6.08 Å². The van der Waals surface area contributed by atoms with Gasteiger partial charge in [0.15, 0.2) is 9.84 Å². The van der Waals surface area contributed by atoms with E-state index in [0.29, 0.717) is 44.9 Å². The van der Waals surface area contributed by atoms with Crippen molar-refractivity contribution in [1.29, 1.82) is 0 Å². The van der Waals surface area contributed by atoms with Gasteiger partial charge in [-0.15, -0.1) is 6.58 Å². The van der Waals surface area contributed by atoms with Crippen LogP contribution in [-0.2, 0) is 41.9 Å². The fourth-order valence-electron chi connectivity index (χ4n) is 9.11. The van der Waals surface area contributed by atoms with Gasteiger partial charge in [-0.2, -0.15) is 0 Å². The average molecular weight is 796 g/mol. The van der Waals surface area contributed by atoms with Gasteiger partial charge in [-0.3, -0.25) is 19.2 Å². The summed E-state index contributed by atoms with van der Waals surface area (Å²) in [5, 5.41) is 11.6. The van der Waals surface area contributed by atoms with E-state index in [9.17, 15) is 27.6 Å². The Bertz CT molecular complexity index is 1700. The van der Waals surface area contributed by atoms with Crippen LogP contribution >= 0.6 is 0 Å². The molecule has 3 fully saturated rings. The summed E-state index contributed by atoms with van der Waals surface area (Å²) < 4.78 is 26.8. The molecule has 4 N–H and O–H groups in total. The van der Waals surface area contributed by atoms with Gasteiger partial charge in [0.25, 0.3) is 5.91 Å². The highest BCUT2D eigenvalue weighted by Crippen LogP contribution is 2.41. The number of nitrogens with one attached hydrogen (secondary N) is 4. The molecule has 12 nitrogen and oxygen atoms in total. The highest BCUT2D eigenvalue weighted by Gasteiger charge is 2.50. The number of benzene rings is 1. The van der Waals surface area contributed by atoms with E-state index >= 15 is 4.79 Å². The third-order valence-corrected chi connectivity index (χ3v) is 14.2. The first kappa shape index (κ1) is 43.4. The van der Waals surface area contributed by atoms with E-state index in [1.807, 2.05) is 58.9 Å². The van der Waals surface area contributed by atoms with Crippen LogP contribution in [0.1, 0.15) is 110 Å². The molecule has 0 radical (unpaired) electrons. The van der Waals surface area contributed by atoms with E-state index in [-0.39, 0.29) is 54.2 Å². The first-order valence-corrected chi connectivity index (χ1v) is 22.6. The lowest BCUT2D eigenvalue weighted by molar-refractivity contribution is -0.144. The Labute approximate surface area is 334 Å². The van der Waals surface area contributed by atoms with E-state index in [4.69, 9.17) is 0 Å². The largest absolute Gasteiger partial charge is 0.346 e. The number of urea groups is 1. The van der Waals surface area contributed by atoms with Gasteiger partial charge in [-0.05, 0) is 85.2 Å². The molecule has 4 atom stereocenters. The molecule has 0 aromatic heterocycles. The van der Waals surface area contributed by atoms with E-state index < -0.39 is 62.5 Å². The summed E-state index contributed by atoms with van der Waals surface area (Å²) in [5.41, 5.74) is 0.847. The lowest BCUT2D eigenvalue weighted by Crippen LogP contribution is -2.63. The number of hydrogen-bond donors (Lipinski definition) is 4. The van der Waals surface area contributed by atoms with Crippen molar-refractivity contribution in [2.24, 2.45) is 29.1 Å². The van der Waals surface area contributed by atoms with Crippen LogP contribution < -0.4 is 21.3 Å². The van der Waals surface area contributed by atoms with Crippen LogP contribution in [0.15, 0.2) is 36.9 Å². The van der Waals surface area contributed by atoms with E-state index in [1.54, 1.807) is 4.90 Å². The Morgan fingerprint density at radius 1 is 0.964 bits per heavy atom. The Hall–Kier alpha value is -3.74. The number of likely N-dealkylation sites (tertiary alicyclic amines) is 1.